The molecule has 0 unspecified atom stereocenters. The van der Waals surface area contributed by atoms with Gasteiger partial charge in [-0.25, -0.2) is 4.39 Å². The summed E-state index contributed by atoms with van der Waals surface area (Å²) in [4.78, 5) is 14.2. The highest BCUT2D eigenvalue weighted by Crippen LogP contribution is 2.28. The molecule has 3 rings (SSSR count). The molecule has 0 radical (unpaired) electrons. The maximum Gasteiger partial charge on any atom is 0.260 e. The summed E-state index contributed by atoms with van der Waals surface area (Å²) in [5.41, 5.74) is 3.27. The number of hydrogen-bond donors (Lipinski definition) is 1. The van der Waals surface area contributed by atoms with Crippen LogP contribution >= 0.6 is 0 Å². The van der Waals surface area contributed by atoms with Crippen LogP contribution in [0.2, 0.25) is 0 Å². The minimum absolute atomic E-state index is 0.133. The fraction of sp³-hybridized carbons (Fsp3) is 0.235. The number of aryl methyl sites for hydroxylation is 1. The van der Waals surface area contributed by atoms with Crippen LogP contribution in [0.3, 0.4) is 0 Å². The SMILES string of the molecule is CN(C(=O)c1cccc2c1NCCC2)c1cccc(F)c1. The van der Waals surface area contributed by atoms with E-state index < -0.39 is 0 Å². The van der Waals surface area contributed by atoms with Gasteiger partial charge in [0, 0.05) is 19.3 Å². The number of carbonyl (C=O) groups is 1. The van der Waals surface area contributed by atoms with Gasteiger partial charge in [0.25, 0.3) is 5.91 Å². The fourth-order valence-electron chi connectivity index (χ4n) is 2.67. The summed E-state index contributed by atoms with van der Waals surface area (Å²) >= 11 is 0. The number of nitrogens with zero attached hydrogens (tertiary/aromatic N) is 1. The van der Waals surface area contributed by atoms with Gasteiger partial charge in [-0.3, -0.25) is 4.79 Å². The molecule has 1 heterocycles. The lowest BCUT2D eigenvalue weighted by atomic mass is 9.99. The van der Waals surface area contributed by atoms with E-state index in [1.807, 2.05) is 18.2 Å². The number of para-hydroxylation sites is 1. The lowest BCUT2D eigenvalue weighted by molar-refractivity contribution is 0.0993. The molecule has 2 aromatic rings. The first-order valence-corrected chi connectivity index (χ1v) is 7.06. The molecule has 0 fully saturated rings. The number of hydrogen-bond acceptors (Lipinski definition) is 2. The van der Waals surface area contributed by atoms with Gasteiger partial charge in [0.15, 0.2) is 0 Å². The van der Waals surface area contributed by atoms with Gasteiger partial charge in [-0.05, 0) is 42.7 Å². The molecule has 0 aliphatic carbocycles. The molecular formula is C17H17FN2O. The molecule has 0 bridgehead atoms. The van der Waals surface area contributed by atoms with Crippen LogP contribution in [0.1, 0.15) is 22.3 Å². The predicted octanol–water partition coefficient (Wildman–Crippen LogP) is 3.46. The zero-order valence-corrected chi connectivity index (χ0v) is 11.9. The summed E-state index contributed by atoms with van der Waals surface area (Å²) < 4.78 is 13.3. The molecular weight excluding hydrogens is 267 g/mol. The first kappa shape index (κ1) is 13.6. The Bertz CT molecular complexity index is 684. The standard InChI is InChI=1S/C17H17FN2O/c1-20(14-8-3-7-13(18)11-14)17(21)15-9-2-5-12-6-4-10-19-16(12)15/h2-3,5,7-9,11,19H,4,6,10H2,1H3. The van der Waals surface area contributed by atoms with E-state index >= 15 is 0 Å². The van der Waals surface area contributed by atoms with Crippen LogP contribution in [0.5, 0.6) is 0 Å². The van der Waals surface area contributed by atoms with Crippen molar-refractivity contribution in [3.05, 3.63) is 59.4 Å². The van der Waals surface area contributed by atoms with Gasteiger partial charge in [0.1, 0.15) is 5.82 Å². The Kier molecular flexibility index (Phi) is 3.60. The number of benzene rings is 2. The molecule has 0 aromatic heterocycles. The normalized spacial score (nSPS) is 13.2. The van der Waals surface area contributed by atoms with Crippen molar-refractivity contribution in [1.82, 2.24) is 0 Å². The average molecular weight is 284 g/mol. The molecule has 0 atom stereocenters. The van der Waals surface area contributed by atoms with Crippen LogP contribution in [0.15, 0.2) is 42.5 Å². The Labute approximate surface area is 123 Å². The van der Waals surface area contributed by atoms with Gasteiger partial charge >= 0.3 is 0 Å². The quantitative estimate of drug-likeness (QED) is 0.916. The van der Waals surface area contributed by atoms with Crippen molar-refractivity contribution in [2.45, 2.75) is 12.8 Å². The number of amides is 1. The van der Waals surface area contributed by atoms with Crippen LogP contribution in [0, 0.1) is 5.82 Å². The largest absolute Gasteiger partial charge is 0.384 e. The van der Waals surface area contributed by atoms with E-state index in [-0.39, 0.29) is 11.7 Å². The molecule has 108 valence electrons. The minimum Gasteiger partial charge on any atom is -0.384 e. The number of carbonyl (C=O) groups excluding carboxylic acids is 1. The summed E-state index contributed by atoms with van der Waals surface area (Å²) in [6.45, 7) is 0.876. The number of halogens is 1. The zero-order valence-electron chi connectivity index (χ0n) is 11.9. The number of nitrogens with one attached hydrogen (secondary N) is 1. The molecule has 1 N–H and O–H groups in total. The van der Waals surface area contributed by atoms with Crippen molar-refractivity contribution >= 4 is 17.3 Å². The van der Waals surface area contributed by atoms with Crippen molar-refractivity contribution in [2.75, 3.05) is 23.8 Å². The van der Waals surface area contributed by atoms with Gasteiger partial charge < -0.3 is 10.2 Å². The summed E-state index contributed by atoms with van der Waals surface area (Å²) in [5.74, 6) is -0.479. The van der Waals surface area contributed by atoms with Crippen molar-refractivity contribution in [3.8, 4) is 0 Å². The van der Waals surface area contributed by atoms with Gasteiger partial charge in [-0.15, -0.1) is 0 Å². The van der Waals surface area contributed by atoms with Crippen molar-refractivity contribution in [2.24, 2.45) is 0 Å². The second-order valence-electron chi connectivity index (χ2n) is 5.21. The van der Waals surface area contributed by atoms with Crippen LogP contribution in [-0.4, -0.2) is 19.5 Å². The smallest absolute Gasteiger partial charge is 0.260 e. The Morgan fingerprint density at radius 3 is 2.86 bits per heavy atom. The zero-order chi connectivity index (χ0) is 14.8. The molecule has 1 amide bonds. The first-order valence-electron chi connectivity index (χ1n) is 7.06. The first-order chi connectivity index (χ1) is 10.2. The van der Waals surface area contributed by atoms with Gasteiger partial charge in [-0.2, -0.15) is 0 Å². The topological polar surface area (TPSA) is 32.3 Å². The fourth-order valence-corrected chi connectivity index (χ4v) is 2.67. The van der Waals surface area contributed by atoms with E-state index in [1.54, 1.807) is 19.2 Å². The number of anilines is 2. The van der Waals surface area contributed by atoms with Crippen LogP contribution in [0.4, 0.5) is 15.8 Å². The Hall–Kier alpha value is -2.36. The summed E-state index contributed by atoms with van der Waals surface area (Å²) in [6.07, 6.45) is 2.05. The summed E-state index contributed by atoms with van der Waals surface area (Å²) in [5, 5.41) is 3.31. The highest BCUT2D eigenvalue weighted by Gasteiger charge is 2.20. The Balaban J connectivity index is 1.95. The van der Waals surface area contributed by atoms with E-state index in [0.717, 1.165) is 25.1 Å². The molecule has 3 nitrogen and oxygen atoms in total. The molecule has 1 aliphatic rings. The second-order valence-corrected chi connectivity index (χ2v) is 5.21. The monoisotopic (exact) mass is 284 g/mol. The van der Waals surface area contributed by atoms with Crippen molar-refractivity contribution in [1.29, 1.82) is 0 Å². The third kappa shape index (κ3) is 2.61. The van der Waals surface area contributed by atoms with Crippen molar-refractivity contribution < 1.29 is 9.18 Å². The molecule has 0 saturated carbocycles. The average Bonchev–Trinajstić information content (AvgIpc) is 2.53. The molecule has 0 spiro atoms. The maximum atomic E-state index is 13.3. The lowest BCUT2D eigenvalue weighted by Crippen LogP contribution is -2.28. The van der Waals surface area contributed by atoms with Crippen LogP contribution < -0.4 is 10.2 Å². The Morgan fingerprint density at radius 2 is 2.05 bits per heavy atom. The van der Waals surface area contributed by atoms with Crippen LogP contribution in [-0.2, 0) is 6.42 Å². The molecule has 21 heavy (non-hydrogen) atoms. The van der Waals surface area contributed by atoms with Gasteiger partial charge in [0.2, 0.25) is 0 Å². The summed E-state index contributed by atoms with van der Waals surface area (Å²) in [7, 11) is 1.67. The minimum atomic E-state index is -0.347. The van der Waals surface area contributed by atoms with E-state index in [0.29, 0.717) is 11.3 Å². The summed E-state index contributed by atoms with van der Waals surface area (Å²) in [6, 6.07) is 11.8. The lowest BCUT2D eigenvalue weighted by Gasteiger charge is -2.24. The third-order valence-corrected chi connectivity index (χ3v) is 3.81. The maximum absolute atomic E-state index is 13.3. The number of rotatable bonds is 2. The predicted molar refractivity (Wildman–Crippen MR) is 82.4 cm³/mol. The number of fused-ring (bicyclic) bond motifs is 1. The molecule has 2 aromatic carbocycles. The van der Waals surface area contributed by atoms with E-state index in [9.17, 15) is 9.18 Å². The highest BCUT2D eigenvalue weighted by molar-refractivity contribution is 6.09. The van der Waals surface area contributed by atoms with E-state index in [1.165, 1.54) is 22.6 Å². The second kappa shape index (κ2) is 5.56. The van der Waals surface area contributed by atoms with Crippen molar-refractivity contribution in [3.63, 3.8) is 0 Å². The molecule has 1 aliphatic heterocycles. The molecule has 0 saturated heterocycles. The van der Waals surface area contributed by atoms with Gasteiger partial charge in [0.05, 0.1) is 11.3 Å². The Morgan fingerprint density at radius 1 is 1.24 bits per heavy atom. The highest BCUT2D eigenvalue weighted by atomic mass is 19.1. The van der Waals surface area contributed by atoms with E-state index in [2.05, 4.69) is 5.32 Å². The third-order valence-electron chi connectivity index (χ3n) is 3.81. The van der Waals surface area contributed by atoms with E-state index in [4.69, 9.17) is 0 Å². The van der Waals surface area contributed by atoms with Gasteiger partial charge in [-0.1, -0.05) is 18.2 Å². The van der Waals surface area contributed by atoms with Crippen LogP contribution in [0.25, 0.3) is 0 Å². The molecule has 4 heteroatoms.